The van der Waals surface area contributed by atoms with E-state index < -0.39 is 17.7 Å². The molecule has 5 aliphatic rings. The van der Waals surface area contributed by atoms with Crippen molar-refractivity contribution >= 4 is 0 Å². The Labute approximate surface area is 137 Å². The van der Waals surface area contributed by atoms with Crippen LogP contribution in [-0.2, 0) is 24.0 Å². The molecule has 0 aromatic rings. The molecule has 0 aromatic heterocycles. The smallest absolute Gasteiger partial charge is 0.201 e. The molecule has 1 saturated carbocycles. The average Bonchev–Trinajstić information content (AvgIpc) is 2.74. The summed E-state index contributed by atoms with van der Waals surface area (Å²) in [5.41, 5.74) is -0.651. The highest BCUT2D eigenvalue weighted by Crippen LogP contribution is 2.60. The molecule has 1 N–H and O–H groups in total. The molecule has 4 heterocycles. The van der Waals surface area contributed by atoms with Gasteiger partial charge in [0.05, 0.1) is 6.10 Å². The Hall–Kier alpha value is -0.240. The first-order valence-corrected chi connectivity index (χ1v) is 8.91. The number of ether oxygens (including phenoxy) is 3. The third-order valence-corrected chi connectivity index (χ3v) is 6.55. The van der Waals surface area contributed by atoms with E-state index >= 15 is 0 Å². The van der Waals surface area contributed by atoms with Gasteiger partial charge in [-0.3, -0.25) is 0 Å². The lowest BCUT2D eigenvalue weighted by Gasteiger charge is -2.60. The van der Waals surface area contributed by atoms with Gasteiger partial charge in [-0.05, 0) is 32.6 Å². The average molecular weight is 328 g/mol. The Kier molecular flexibility index (Phi) is 3.80. The number of hydrogen-bond donors (Lipinski definition) is 1. The lowest BCUT2D eigenvalue weighted by molar-refractivity contribution is -0.578. The summed E-state index contributed by atoms with van der Waals surface area (Å²) in [5, 5.41) is 10.6. The summed E-state index contributed by atoms with van der Waals surface area (Å²) < 4.78 is 18.2. The highest BCUT2D eigenvalue weighted by molar-refractivity contribution is 5.10. The molecular weight excluding hydrogens is 300 g/mol. The molecular formula is C17H28O6. The highest BCUT2D eigenvalue weighted by atomic mass is 17.3. The first-order valence-electron chi connectivity index (χ1n) is 8.91. The summed E-state index contributed by atoms with van der Waals surface area (Å²) in [6, 6.07) is 0. The standard InChI is InChI=1S/C17H28O6/c1-5-19-14-10(3)12-8-13(18)9(2)11-6-7-16(4)21-15(20-14)17(11,12)23-22-16/h9-15,18H,5-8H2,1-4H3/t9-,10+,11-,12-,13-,14-,15+,16+,17+/m0/s1. The topological polar surface area (TPSA) is 66.4 Å². The zero-order chi connectivity index (χ0) is 16.4. The minimum atomic E-state index is -0.792. The summed E-state index contributed by atoms with van der Waals surface area (Å²) in [6.07, 6.45) is 1.10. The summed E-state index contributed by atoms with van der Waals surface area (Å²) in [7, 11) is 0. The fourth-order valence-electron chi connectivity index (χ4n) is 5.18. The van der Waals surface area contributed by atoms with Gasteiger partial charge < -0.3 is 19.3 Å². The van der Waals surface area contributed by atoms with E-state index in [-0.39, 0.29) is 36.1 Å². The van der Waals surface area contributed by atoms with Crippen LogP contribution in [0.4, 0.5) is 0 Å². The summed E-state index contributed by atoms with van der Waals surface area (Å²) in [6.45, 7) is 8.64. The van der Waals surface area contributed by atoms with Gasteiger partial charge in [-0.2, -0.15) is 0 Å². The molecule has 23 heavy (non-hydrogen) atoms. The van der Waals surface area contributed by atoms with E-state index in [0.29, 0.717) is 13.0 Å². The van der Waals surface area contributed by atoms with Gasteiger partial charge in [0.2, 0.25) is 5.79 Å². The zero-order valence-electron chi connectivity index (χ0n) is 14.4. The molecule has 6 heteroatoms. The molecule has 0 unspecified atom stereocenters. The maximum Gasteiger partial charge on any atom is 0.201 e. The van der Waals surface area contributed by atoms with Crippen LogP contribution in [0.2, 0.25) is 0 Å². The summed E-state index contributed by atoms with van der Waals surface area (Å²) in [5.74, 6) is -0.335. The number of aliphatic hydroxyl groups is 1. The molecule has 2 bridgehead atoms. The van der Waals surface area contributed by atoms with E-state index in [4.69, 9.17) is 24.0 Å². The quantitative estimate of drug-likeness (QED) is 0.784. The molecule has 0 aromatic carbocycles. The van der Waals surface area contributed by atoms with Gasteiger partial charge in [0.1, 0.15) is 0 Å². The number of fused-ring (bicyclic) bond motifs is 2. The predicted molar refractivity (Wildman–Crippen MR) is 79.8 cm³/mol. The molecule has 4 aliphatic heterocycles. The lowest BCUT2D eigenvalue weighted by Crippen LogP contribution is -2.72. The Morgan fingerprint density at radius 1 is 1.17 bits per heavy atom. The second-order valence-corrected chi connectivity index (χ2v) is 7.84. The minimum absolute atomic E-state index is 0.0802. The van der Waals surface area contributed by atoms with Crippen molar-refractivity contribution in [2.75, 3.05) is 6.61 Å². The van der Waals surface area contributed by atoms with Gasteiger partial charge in [-0.1, -0.05) is 13.8 Å². The van der Waals surface area contributed by atoms with Gasteiger partial charge in [-0.15, -0.1) is 0 Å². The van der Waals surface area contributed by atoms with Crippen molar-refractivity contribution in [3.8, 4) is 0 Å². The van der Waals surface area contributed by atoms with Crippen LogP contribution in [-0.4, -0.2) is 41.8 Å². The minimum Gasteiger partial charge on any atom is -0.393 e. The van der Waals surface area contributed by atoms with Crippen LogP contribution in [0.1, 0.15) is 47.0 Å². The Morgan fingerprint density at radius 2 is 1.96 bits per heavy atom. The van der Waals surface area contributed by atoms with E-state index in [1.165, 1.54) is 0 Å². The second kappa shape index (κ2) is 5.38. The van der Waals surface area contributed by atoms with Crippen molar-refractivity contribution in [3.05, 3.63) is 0 Å². The van der Waals surface area contributed by atoms with E-state index in [2.05, 4.69) is 13.8 Å². The van der Waals surface area contributed by atoms with Crippen molar-refractivity contribution < 1.29 is 29.1 Å². The van der Waals surface area contributed by atoms with E-state index in [1.807, 2.05) is 13.8 Å². The van der Waals surface area contributed by atoms with Gasteiger partial charge in [0.25, 0.3) is 0 Å². The van der Waals surface area contributed by atoms with E-state index in [9.17, 15) is 5.11 Å². The maximum atomic E-state index is 10.6. The van der Waals surface area contributed by atoms with Crippen LogP contribution in [0.5, 0.6) is 0 Å². The lowest BCUT2D eigenvalue weighted by atomic mass is 9.57. The normalized spacial score (nSPS) is 58.6. The first-order chi connectivity index (χ1) is 10.9. The van der Waals surface area contributed by atoms with Crippen LogP contribution in [0, 0.1) is 23.7 Å². The van der Waals surface area contributed by atoms with Crippen molar-refractivity contribution in [2.45, 2.75) is 77.0 Å². The fourth-order valence-corrected chi connectivity index (χ4v) is 5.18. The Bertz CT molecular complexity index is 468. The van der Waals surface area contributed by atoms with E-state index in [1.54, 1.807) is 0 Å². The molecule has 6 nitrogen and oxygen atoms in total. The van der Waals surface area contributed by atoms with Crippen molar-refractivity contribution in [2.24, 2.45) is 23.7 Å². The molecule has 0 radical (unpaired) electrons. The summed E-state index contributed by atoms with van der Waals surface area (Å²) in [4.78, 5) is 11.8. The van der Waals surface area contributed by atoms with Crippen molar-refractivity contribution in [1.82, 2.24) is 0 Å². The van der Waals surface area contributed by atoms with Gasteiger partial charge in [0, 0.05) is 30.8 Å². The molecule has 132 valence electrons. The van der Waals surface area contributed by atoms with Crippen LogP contribution >= 0.6 is 0 Å². The second-order valence-electron chi connectivity index (χ2n) is 7.84. The number of hydrogen-bond acceptors (Lipinski definition) is 6. The zero-order valence-corrected chi connectivity index (χ0v) is 14.4. The predicted octanol–water partition coefficient (Wildman–Crippen LogP) is 2.20. The van der Waals surface area contributed by atoms with Crippen LogP contribution in [0.25, 0.3) is 0 Å². The third kappa shape index (κ3) is 2.16. The number of rotatable bonds is 2. The molecule has 4 saturated heterocycles. The van der Waals surface area contributed by atoms with Crippen LogP contribution < -0.4 is 0 Å². The molecule has 1 spiro atoms. The molecule has 0 amide bonds. The SMILES string of the molecule is CCO[C@H]1O[C@@H]2O[C@@]3(C)CC[C@H]4[C@H](C)[C@@H](O)C[C@@H]([C@H]1C)[C@@]24OO3. The summed E-state index contributed by atoms with van der Waals surface area (Å²) >= 11 is 0. The molecule has 9 atom stereocenters. The monoisotopic (exact) mass is 328 g/mol. The fraction of sp³-hybridized carbons (Fsp3) is 1.00. The van der Waals surface area contributed by atoms with Crippen LogP contribution in [0.3, 0.4) is 0 Å². The number of aliphatic hydroxyl groups excluding tert-OH is 1. The molecule has 5 fully saturated rings. The Balaban J connectivity index is 1.77. The van der Waals surface area contributed by atoms with Crippen molar-refractivity contribution in [3.63, 3.8) is 0 Å². The highest BCUT2D eigenvalue weighted by Gasteiger charge is 2.70. The molecule has 1 aliphatic carbocycles. The molecule has 5 rings (SSSR count). The maximum absolute atomic E-state index is 10.6. The first kappa shape index (κ1) is 16.2. The largest absolute Gasteiger partial charge is 0.393 e. The van der Waals surface area contributed by atoms with Gasteiger partial charge in [-0.25, -0.2) is 9.78 Å². The third-order valence-electron chi connectivity index (χ3n) is 6.55. The van der Waals surface area contributed by atoms with E-state index in [0.717, 1.165) is 12.8 Å². The Morgan fingerprint density at radius 3 is 2.70 bits per heavy atom. The van der Waals surface area contributed by atoms with Crippen molar-refractivity contribution in [1.29, 1.82) is 0 Å². The van der Waals surface area contributed by atoms with Gasteiger partial charge >= 0.3 is 0 Å². The van der Waals surface area contributed by atoms with Crippen LogP contribution in [0.15, 0.2) is 0 Å². The van der Waals surface area contributed by atoms with Gasteiger partial charge in [0.15, 0.2) is 18.2 Å².